The first-order valence-corrected chi connectivity index (χ1v) is 12.2. The SMILES string of the molecule is S=C(Nc1ccc(Cc2nc3ccccc3[nH]2)cc1)Nc1ccc(Cc2nc3ccccc3[nH]2)cc1. The number of imidazole rings is 2. The number of para-hydroxylation sites is 4. The average Bonchev–Trinajstić information content (AvgIpc) is 3.49. The van der Waals surface area contributed by atoms with E-state index in [-0.39, 0.29) is 0 Å². The van der Waals surface area contributed by atoms with Crippen molar-refractivity contribution < 1.29 is 0 Å². The molecule has 0 amide bonds. The highest BCUT2D eigenvalue weighted by atomic mass is 32.1. The monoisotopic (exact) mass is 488 g/mol. The predicted octanol–water partition coefficient (Wildman–Crippen LogP) is 6.43. The molecule has 0 bridgehead atoms. The number of hydrogen-bond donors (Lipinski definition) is 4. The summed E-state index contributed by atoms with van der Waals surface area (Å²) in [6.07, 6.45) is 1.50. The van der Waals surface area contributed by atoms with Crippen molar-refractivity contribution in [2.24, 2.45) is 0 Å². The molecule has 2 aromatic heterocycles. The Kier molecular flexibility index (Phi) is 5.89. The third kappa shape index (κ3) is 4.96. The fourth-order valence-corrected chi connectivity index (χ4v) is 4.51. The van der Waals surface area contributed by atoms with Gasteiger partial charge in [0.1, 0.15) is 11.6 Å². The molecule has 36 heavy (non-hydrogen) atoms. The van der Waals surface area contributed by atoms with Crippen LogP contribution in [0.15, 0.2) is 97.1 Å². The number of hydrogen-bond acceptors (Lipinski definition) is 3. The first kappa shape index (κ1) is 22.0. The number of rotatable bonds is 6. The van der Waals surface area contributed by atoms with Gasteiger partial charge in [-0.05, 0) is 71.9 Å². The van der Waals surface area contributed by atoms with Gasteiger partial charge in [0.2, 0.25) is 0 Å². The van der Waals surface area contributed by atoms with Crippen molar-refractivity contribution in [3.05, 3.63) is 120 Å². The molecule has 0 fully saturated rings. The lowest BCUT2D eigenvalue weighted by atomic mass is 10.1. The van der Waals surface area contributed by atoms with Crippen molar-refractivity contribution in [1.82, 2.24) is 19.9 Å². The minimum atomic E-state index is 0.546. The number of thiocarbonyl (C=S) groups is 1. The van der Waals surface area contributed by atoms with Crippen LogP contribution in [0.4, 0.5) is 11.4 Å². The molecule has 0 saturated carbocycles. The third-order valence-corrected chi connectivity index (χ3v) is 6.25. The lowest BCUT2D eigenvalue weighted by Gasteiger charge is -2.11. The van der Waals surface area contributed by atoms with E-state index in [1.807, 2.05) is 72.8 Å². The summed E-state index contributed by atoms with van der Waals surface area (Å²) in [4.78, 5) is 16.1. The maximum atomic E-state index is 5.52. The van der Waals surface area contributed by atoms with Crippen LogP contribution in [0.1, 0.15) is 22.8 Å². The minimum absolute atomic E-state index is 0.546. The van der Waals surface area contributed by atoms with E-state index in [0.29, 0.717) is 5.11 Å². The lowest BCUT2D eigenvalue weighted by molar-refractivity contribution is 1.04. The van der Waals surface area contributed by atoms with Gasteiger partial charge in [0.25, 0.3) is 0 Å². The molecule has 0 unspecified atom stereocenters. The Bertz CT molecular complexity index is 1460. The van der Waals surface area contributed by atoms with Gasteiger partial charge in [-0.15, -0.1) is 0 Å². The van der Waals surface area contributed by atoms with Crippen LogP contribution >= 0.6 is 12.2 Å². The zero-order chi connectivity index (χ0) is 24.3. The largest absolute Gasteiger partial charge is 0.342 e. The van der Waals surface area contributed by atoms with E-state index in [1.165, 1.54) is 11.1 Å². The molecular weight excluding hydrogens is 464 g/mol. The number of aromatic nitrogens is 4. The van der Waals surface area contributed by atoms with Crippen LogP contribution in [-0.4, -0.2) is 25.0 Å². The van der Waals surface area contributed by atoms with Gasteiger partial charge < -0.3 is 20.6 Å². The Morgan fingerprint density at radius 1 is 0.583 bits per heavy atom. The third-order valence-electron chi connectivity index (χ3n) is 6.04. The topological polar surface area (TPSA) is 81.4 Å². The van der Waals surface area contributed by atoms with Crippen molar-refractivity contribution in [1.29, 1.82) is 0 Å². The molecule has 0 radical (unpaired) electrons. The summed E-state index contributed by atoms with van der Waals surface area (Å²) in [5.74, 6) is 1.91. The summed E-state index contributed by atoms with van der Waals surface area (Å²) in [7, 11) is 0. The Hall–Kier alpha value is -4.49. The highest BCUT2D eigenvalue weighted by Gasteiger charge is 2.06. The molecule has 6 rings (SSSR count). The van der Waals surface area contributed by atoms with Crippen molar-refractivity contribution in [2.75, 3.05) is 10.6 Å². The fraction of sp³-hybridized carbons (Fsp3) is 0.0690. The maximum absolute atomic E-state index is 5.52. The maximum Gasteiger partial charge on any atom is 0.175 e. The van der Waals surface area contributed by atoms with Crippen molar-refractivity contribution >= 4 is 50.8 Å². The number of anilines is 2. The molecule has 4 aromatic carbocycles. The van der Waals surface area contributed by atoms with Crippen LogP contribution in [-0.2, 0) is 12.8 Å². The van der Waals surface area contributed by atoms with E-state index < -0.39 is 0 Å². The molecule has 2 heterocycles. The average molecular weight is 489 g/mol. The van der Waals surface area contributed by atoms with Gasteiger partial charge in [0.05, 0.1) is 22.1 Å². The number of nitrogens with one attached hydrogen (secondary N) is 4. The van der Waals surface area contributed by atoms with Gasteiger partial charge in [-0.1, -0.05) is 48.5 Å². The van der Waals surface area contributed by atoms with E-state index in [9.17, 15) is 0 Å². The number of aromatic amines is 2. The van der Waals surface area contributed by atoms with E-state index in [2.05, 4.69) is 54.8 Å². The zero-order valence-corrected chi connectivity index (χ0v) is 20.3. The molecule has 4 N–H and O–H groups in total. The molecular formula is C29H24N6S. The standard InChI is InChI=1S/C29H24N6S/c36-29(30-21-13-9-19(10-14-21)17-27-32-23-5-1-2-6-24(23)33-27)31-22-15-11-20(12-16-22)18-28-34-25-7-3-4-8-26(25)35-28/h1-16H,17-18H2,(H,32,33)(H,34,35)(H2,30,31,36). The molecule has 7 heteroatoms. The van der Waals surface area contributed by atoms with Crippen LogP contribution in [0, 0.1) is 0 Å². The molecule has 0 atom stereocenters. The Labute approximate surface area is 213 Å². The molecule has 0 aliphatic rings. The number of H-pyrrole nitrogens is 2. The molecule has 6 nitrogen and oxygen atoms in total. The Morgan fingerprint density at radius 3 is 1.42 bits per heavy atom. The second kappa shape index (κ2) is 9.64. The predicted molar refractivity (Wildman–Crippen MR) is 151 cm³/mol. The molecule has 0 spiro atoms. The lowest BCUT2D eigenvalue weighted by Crippen LogP contribution is -2.19. The number of benzene rings is 4. The fourth-order valence-electron chi connectivity index (χ4n) is 4.27. The van der Waals surface area contributed by atoms with E-state index in [0.717, 1.165) is 57.9 Å². The van der Waals surface area contributed by atoms with E-state index in [4.69, 9.17) is 12.2 Å². The van der Waals surface area contributed by atoms with Gasteiger partial charge in [0, 0.05) is 24.2 Å². The Morgan fingerprint density at radius 2 is 1.00 bits per heavy atom. The second-order valence-electron chi connectivity index (χ2n) is 8.73. The van der Waals surface area contributed by atoms with Gasteiger partial charge in [-0.25, -0.2) is 9.97 Å². The van der Waals surface area contributed by atoms with Crippen LogP contribution in [0.5, 0.6) is 0 Å². The van der Waals surface area contributed by atoms with E-state index in [1.54, 1.807) is 0 Å². The summed E-state index contributed by atoms with van der Waals surface area (Å²) in [6, 6.07) is 32.6. The normalized spacial score (nSPS) is 11.1. The molecule has 0 aliphatic heterocycles. The Balaban J connectivity index is 1.03. The summed E-state index contributed by atoms with van der Waals surface area (Å²) in [6.45, 7) is 0. The van der Waals surface area contributed by atoms with Gasteiger partial charge in [-0.3, -0.25) is 0 Å². The zero-order valence-electron chi connectivity index (χ0n) is 19.5. The van der Waals surface area contributed by atoms with Crippen molar-refractivity contribution in [2.45, 2.75) is 12.8 Å². The minimum Gasteiger partial charge on any atom is -0.342 e. The molecule has 6 aromatic rings. The summed E-state index contributed by atoms with van der Waals surface area (Å²) in [5.41, 5.74) is 8.32. The van der Waals surface area contributed by atoms with Crippen molar-refractivity contribution in [3.8, 4) is 0 Å². The second-order valence-corrected chi connectivity index (χ2v) is 9.14. The summed E-state index contributed by atoms with van der Waals surface area (Å²) < 4.78 is 0. The number of fused-ring (bicyclic) bond motifs is 2. The quantitative estimate of drug-likeness (QED) is 0.203. The van der Waals surface area contributed by atoms with Crippen LogP contribution in [0.25, 0.3) is 22.1 Å². The molecule has 0 saturated heterocycles. The van der Waals surface area contributed by atoms with Gasteiger partial charge in [0.15, 0.2) is 5.11 Å². The smallest absolute Gasteiger partial charge is 0.175 e. The highest BCUT2D eigenvalue weighted by molar-refractivity contribution is 7.80. The van der Waals surface area contributed by atoms with Gasteiger partial charge >= 0.3 is 0 Å². The van der Waals surface area contributed by atoms with Crippen molar-refractivity contribution in [3.63, 3.8) is 0 Å². The van der Waals surface area contributed by atoms with Crippen LogP contribution in [0.3, 0.4) is 0 Å². The summed E-state index contributed by atoms with van der Waals surface area (Å²) in [5, 5.41) is 7.05. The highest BCUT2D eigenvalue weighted by Crippen LogP contribution is 2.18. The number of nitrogens with zero attached hydrogens (tertiary/aromatic N) is 2. The first-order valence-electron chi connectivity index (χ1n) is 11.8. The molecule has 176 valence electrons. The summed E-state index contributed by atoms with van der Waals surface area (Å²) >= 11 is 5.52. The van der Waals surface area contributed by atoms with Gasteiger partial charge in [-0.2, -0.15) is 0 Å². The van der Waals surface area contributed by atoms with Crippen LogP contribution in [0.2, 0.25) is 0 Å². The first-order chi connectivity index (χ1) is 17.7. The molecule has 0 aliphatic carbocycles. The van der Waals surface area contributed by atoms with E-state index >= 15 is 0 Å². The van der Waals surface area contributed by atoms with Crippen LogP contribution < -0.4 is 10.6 Å².